The number of carbonyl (C=O) groups excluding carboxylic acids is 1. The largest absolute Gasteiger partial charge is 0.349 e. The summed E-state index contributed by atoms with van der Waals surface area (Å²) in [5, 5.41) is 6.24. The minimum atomic E-state index is -0.461. The third kappa shape index (κ3) is 4.18. The van der Waals surface area contributed by atoms with Crippen molar-refractivity contribution in [2.24, 2.45) is 5.92 Å². The van der Waals surface area contributed by atoms with Crippen molar-refractivity contribution in [2.45, 2.75) is 32.7 Å². The Labute approximate surface area is 125 Å². The molecule has 2 N–H and O–H groups in total. The Balaban J connectivity index is 0.00000200. The summed E-state index contributed by atoms with van der Waals surface area (Å²) in [4.78, 5) is 12.1. The fraction of sp³-hybridized carbons (Fsp3) is 0.533. The van der Waals surface area contributed by atoms with Crippen molar-refractivity contribution in [3.05, 3.63) is 35.1 Å². The van der Waals surface area contributed by atoms with Crippen molar-refractivity contribution in [3.8, 4) is 0 Å². The van der Waals surface area contributed by atoms with Crippen LogP contribution in [0.5, 0.6) is 0 Å². The summed E-state index contributed by atoms with van der Waals surface area (Å²) in [7, 11) is 0. The minimum absolute atomic E-state index is 0. The third-order valence-electron chi connectivity index (χ3n) is 3.77. The van der Waals surface area contributed by atoms with Crippen LogP contribution >= 0.6 is 12.4 Å². The van der Waals surface area contributed by atoms with Crippen LogP contribution in [0.3, 0.4) is 0 Å². The maximum Gasteiger partial charge on any atom is 0.254 e. The van der Waals surface area contributed by atoms with E-state index in [0.29, 0.717) is 5.92 Å². The standard InChI is InChI=1S/C15H21FN2O.ClH/c1-10-5-6-14(16)13(8-10)15(19)18-11(2)12-4-3-7-17-9-12;/h5-6,8,11-12,17H,3-4,7,9H2,1-2H3,(H,18,19);1H. The van der Waals surface area contributed by atoms with E-state index in [-0.39, 0.29) is 29.9 Å². The van der Waals surface area contributed by atoms with Crippen molar-refractivity contribution in [1.29, 1.82) is 0 Å². The Bertz CT molecular complexity index is 461. The van der Waals surface area contributed by atoms with Gasteiger partial charge in [0.05, 0.1) is 5.56 Å². The first-order valence-corrected chi connectivity index (χ1v) is 6.85. The number of carbonyl (C=O) groups is 1. The van der Waals surface area contributed by atoms with Crippen LogP contribution in [-0.2, 0) is 0 Å². The zero-order valence-electron chi connectivity index (χ0n) is 11.9. The molecule has 1 heterocycles. The zero-order chi connectivity index (χ0) is 13.8. The van der Waals surface area contributed by atoms with Crippen molar-refractivity contribution in [2.75, 3.05) is 13.1 Å². The number of benzene rings is 1. The molecule has 1 aromatic rings. The van der Waals surface area contributed by atoms with E-state index < -0.39 is 5.82 Å². The molecule has 0 radical (unpaired) electrons. The number of rotatable bonds is 3. The highest BCUT2D eigenvalue weighted by Gasteiger charge is 2.22. The second-order valence-electron chi connectivity index (χ2n) is 5.35. The van der Waals surface area contributed by atoms with Crippen molar-refractivity contribution in [3.63, 3.8) is 0 Å². The zero-order valence-corrected chi connectivity index (χ0v) is 12.7. The highest BCUT2D eigenvalue weighted by Crippen LogP contribution is 2.16. The number of halogens is 2. The smallest absolute Gasteiger partial charge is 0.254 e. The van der Waals surface area contributed by atoms with Gasteiger partial charge in [-0.05, 0) is 57.8 Å². The summed E-state index contributed by atoms with van der Waals surface area (Å²) >= 11 is 0. The first-order chi connectivity index (χ1) is 9.08. The van der Waals surface area contributed by atoms with Gasteiger partial charge in [-0.1, -0.05) is 11.6 Å². The molecule has 0 saturated carbocycles. The van der Waals surface area contributed by atoms with Gasteiger partial charge >= 0.3 is 0 Å². The molecule has 1 aliphatic heterocycles. The van der Waals surface area contributed by atoms with Gasteiger partial charge in [0.2, 0.25) is 0 Å². The molecule has 2 rings (SSSR count). The molecule has 1 amide bonds. The van der Waals surface area contributed by atoms with Gasteiger partial charge in [0.15, 0.2) is 0 Å². The number of nitrogens with one attached hydrogen (secondary N) is 2. The molecule has 2 atom stereocenters. The third-order valence-corrected chi connectivity index (χ3v) is 3.77. The second kappa shape index (κ2) is 7.60. The Morgan fingerprint density at radius 2 is 2.25 bits per heavy atom. The Morgan fingerprint density at radius 1 is 1.50 bits per heavy atom. The highest BCUT2D eigenvalue weighted by atomic mass is 35.5. The molecular weight excluding hydrogens is 279 g/mol. The molecule has 0 bridgehead atoms. The summed E-state index contributed by atoms with van der Waals surface area (Å²) in [6.45, 7) is 5.80. The minimum Gasteiger partial charge on any atom is -0.349 e. The van der Waals surface area contributed by atoms with Crippen LogP contribution in [0.2, 0.25) is 0 Å². The number of amides is 1. The van der Waals surface area contributed by atoms with Gasteiger partial charge in [-0.3, -0.25) is 4.79 Å². The summed E-state index contributed by atoms with van der Waals surface area (Å²) in [6, 6.07) is 4.66. The van der Waals surface area contributed by atoms with Crippen LogP contribution in [0.15, 0.2) is 18.2 Å². The molecule has 1 saturated heterocycles. The molecule has 1 aromatic carbocycles. The van der Waals surface area contributed by atoms with Crippen LogP contribution in [0, 0.1) is 18.7 Å². The molecule has 5 heteroatoms. The predicted molar refractivity (Wildman–Crippen MR) is 80.9 cm³/mol. The lowest BCUT2D eigenvalue weighted by Gasteiger charge is -2.29. The Morgan fingerprint density at radius 3 is 2.90 bits per heavy atom. The van der Waals surface area contributed by atoms with Crippen LogP contribution in [-0.4, -0.2) is 25.0 Å². The van der Waals surface area contributed by atoms with Gasteiger partial charge in [-0.15, -0.1) is 12.4 Å². The molecular formula is C15H22ClFN2O. The van der Waals surface area contributed by atoms with Crippen LogP contribution in [0.25, 0.3) is 0 Å². The van der Waals surface area contributed by atoms with Gasteiger partial charge in [0.1, 0.15) is 5.82 Å². The highest BCUT2D eigenvalue weighted by molar-refractivity contribution is 5.94. The van der Waals surface area contributed by atoms with E-state index in [9.17, 15) is 9.18 Å². The SMILES string of the molecule is Cc1ccc(F)c(C(=O)NC(C)C2CCCNC2)c1.Cl. The molecule has 3 nitrogen and oxygen atoms in total. The van der Waals surface area contributed by atoms with E-state index in [1.54, 1.807) is 12.1 Å². The molecule has 2 unspecified atom stereocenters. The van der Waals surface area contributed by atoms with Crippen LogP contribution in [0.4, 0.5) is 4.39 Å². The lowest BCUT2D eigenvalue weighted by atomic mass is 9.92. The number of aryl methyl sites for hydroxylation is 1. The monoisotopic (exact) mass is 300 g/mol. The van der Waals surface area contributed by atoms with E-state index in [0.717, 1.165) is 31.5 Å². The van der Waals surface area contributed by atoms with Crippen molar-refractivity contribution in [1.82, 2.24) is 10.6 Å². The molecule has 0 spiro atoms. The van der Waals surface area contributed by atoms with E-state index in [1.807, 2.05) is 13.8 Å². The van der Waals surface area contributed by atoms with Crippen LogP contribution in [0.1, 0.15) is 35.7 Å². The fourth-order valence-electron chi connectivity index (χ4n) is 2.52. The topological polar surface area (TPSA) is 41.1 Å². The Hall–Kier alpha value is -1.13. The molecule has 0 aliphatic carbocycles. The normalized spacial score (nSPS) is 19.9. The van der Waals surface area contributed by atoms with E-state index in [2.05, 4.69) is 10.6 Å². The fourth-order valence-corrected chi connectivity index (χ4v) is 2.52. The summed E-state index contributed by atoms with van der Waals surface area (Å²) in [5.74, 6) is -0.359. The molecule has 0 aromatic heterocycles. The maximum atomic E-state index is 13.6. The quantitative estimate of drug-likeness (QED) is 0.901. The van der Waals surface area contributed by atoms with E-state index in [4.69, 9.17) is 0 Å². The van der Waals surface area contributed by atoms with E-state index >= 15 is 0 Å². The van der Waals surface area contributed by atoms with E-state index in [1.165, 1.54) is 6.07 Å². The number of piperidine rings is 1. The van der Waals surface area contributed by atoms with Crippen molar-refractivity contribution >= 4 is 18.3 Å². The van der Waals surface area contributed by atoms with Gasteiger partial charge < -0.3 is 10.6 Å². The number of hydrogen-bond donors (Lipinski definition) is 2. The lowest BCUT2D eigenvalue weighted by Crippen LogP contribution is -2.44. The van der Waals surface area contributed by atoms with Gasteiger partial charge in [-0.2, -0.15) is 0 Å². The molecule has 1 fully saturated rings. The molecule has 20 heavy (non-hydrogen) atoms. The van der Waals surface area contributed by atoms with Gasteiger partial charge in [0.25, 0.3) is 5.91 Å². The first-order valence-electron chi connectivity index (χ1n) is 6.85. The van der Waals surface area contributed by atoms with Gasteiger partial charge in [0, 0.05) is 6.04 Å². The average Bonchev–Trinajstić information content (AvgIpc) is 2.42. The van der Waals surface area contributed by atoms with Crippen molar-refractivity contribution < 1.29 is 9.18 Å². The summed E-state index contributed by atoms with van der Waals surface area (Å²) in [6.07, 6.45) is 2.23. The Kier molecular flexibility index (Phi) is 6.43. The second-order valence-corrected chi connectivity index (χ2v) is 5.35. The summed E-state index contributed by atoms with van der Waals surface area (Å²) in [5.41, 5.74) is 1.02. The molecule has 1 aliphatic rings. The summed E-state index contributed by atoms with van der Waals surface area (Å²) < 4.78 is 13.6. The average molecular weight is 301 g/mol. The predicted octanol–water partition coefficient (Wildman–Crippen LogP) is 2.67. The van der Waals surface area contributed by atoms with Gasteiger partial charge in [-0.25, -0.2) is 4.39 Å². The lowest BCUT2D eigenvalue weighted by molar-refractivity contribution is 0.0917. The molecule has 112 valence electrons. The maximum absolute atomic E-state index is 13.6. The van der Waals surface area contributed by atoms with Crippen LogP contribution < -0.4 is 10.6 Å². The first kappa shape index (κ1) is 16.9. The number of hydrogen-bond acceptors (Lipinski definition) is 2.